The van der Waals surface area contributed by atoms with Crippen LogP contribution in [0, 0.1) is 0 Å². The Morgan fingerprint density at radius 2 is 1.93 bits per heavy atom. The summed E-state index contributed by atoms with van der Waals surface area (Å²) < 4.78 is 0. The zero-order valence-electron chi connectivity index (χ0n) is 8.13. The Balaban J connectivity index is 2.83. The van der Waals surface area contributed by atoms with E-state index in [-0.39, 0.29) is 0 Å². The highest BCUT2D eigenvalue weighted by molar-refractivity contribution is 6.35. The number of nitrogens with one attached hydrogen (secondary N) is 1. The van der Waals surface area contributed by atoms with E-state index >= 15 is 0 Å². The first-order chi connectivity index (χ1) is 7.02. The first-order valence-corrected chi connectivity index (χ1v) is 5.24. The summed E-state index contributed by atoms with van der Waals surface area (Å²) >= 11 is 11.6. The fourth-order valence-electron chi connectivity index (χ4n) is 1.18. The minimum absolute atomic E-state index is 0.477. The zero-order chi connectivity index (χ0) is 11.4. The molecule has 2 N–H and O–H groups in total. The van der Waals surface area contributed by atoms with Crippen molar-refractivity contribution in [1.29, 1.82) is 0 Å². The molecule has 1 rings (SSSR count). The second kappa shape index (κ2) is 5.24. The van der Waals surface area contributed by atoms with Crippen LogP contribution in [0.1, 0.15) is 13.3 Å². The number of anilines is 1. The van der Waals surface area contributed by atoms with E-state index in [1.54, 1.807) is 25.1 Å². The minimum Gasteiger partial charge on any atom is -0.480 e. The molecule has 1 aromatic carbocycles. The van der Waals surface area contributed by atoms with Gasteiger partial charge in [-0.2, -0.15) is 0 Å². The molecule has 15 heavy (non-hydrogen) atoms. The molecule has 0 aliphatic rings. The largest absolute Gasteiger partial charge is 0.480 e. The Labute approximate surface area is 98.0 Å². The van der Waals surface area contributed by atoms with Gasteiger partial charge in [0.05, 0.1) is 0 Å². The maximum absolute atomic E-state index is 10.8. The number of carboxylic acids is 1. The fraction of sp³-hybridized carbons (Fsp3) is 0.300. The topological polar surface area (TPSA) is 49.3 Å². The Bertz CT molecular complexity index is 348. The average Bonchev–Trinajstić information content (AvgIpc) is 2.12. The molecule has 0 saturated carbocycles. The van der Waals surface area contributed by atoms with E-state index in [2.05, 4.69) is 5.32 Å². The molecular weight excluding hydrogens is 237 g/mol. The quantitative estimate of drug-likeness (QED) is 0.859. The molecular formula is C10H11Cl2NO2. The highest BCUT2D eigenvalue weighted by Gasteiger charge is 2.14. The summed E-state index contributed by atoms with van der Waals surface area (Å²) in [4.78, 5) is 10.8. The van der Waals surface area contributed by atoms with Gasteiger partial charge in [-0.25, -0.2) is 4.79 Å². The van der Waals surface area contributed by atoms with E-state index in [4.69, 9.17) is 28.3 Å². The molecule has 0 unspecified atom stereocenters. The van der Waals surface area contributed by atoms with Gasteiger partial charge in [-0.1, -0.05) is 30.1 Å². The predicted octanol–water partition coefficient (Wildman–Crippen LogP) is 3.27. The lowest BCUT2D eigenvalue weighted by Crippen LogP contribution is -2.28. The van der Waals surface area contributed by atoms with Gasteiger partial charge >= 0.3 is 5.97 Å². The third-order valence-corrected chi connectivity index (χ3v) is 2.35. The van der Waals surface area contributed by atoms with Crippen molar-refractivity contribution in [3.63, 3.8) is 0 Å². The number of carbonyl (C=O) groups is 1. The molecule has 1 aromatic rings. The van der Waals surface area contributed by atoms with Crippen LogP contribution < -0.4 is 5.32 Å². The SMILES string of the molecule is CC[C@@H](Nc1cc(Cl)cc(Cl)c1)C(=O)O. The average molecular weight is 248 g/mol. The predicted molar refractivity (Wildman–Crippen MR) is 61.8 cm³/mol. The van der Waals surface area contributed by atoms with Crippen molar-refractivity contribution in [3.8, 4) is 0 Å². The lowest BCUT2D eigenvalue weighted by atomic mass is 10.2. The number of benzene rings is 1. The number of halogens is 2. The molecule has 82 valence electrons. The Morgan fingerprint density at radius 1 is 1.40 bits per heavy atom. The van der Waals surface area contributed by atoms with Crippen molar-refractivity contribution in [3.05, 3.63) is 28.2 Å². The van der Waals surface area contributed by atoms with Gasteiger partial charge in [0.15, 0.2) is 0 Å². The van der Waals surface area contributed by atoms with Crippen molar-refractivity contribution in [1.82, 2.24) is 0 Å². The van der Waals surface area contributed by atoms with Crippen molar-refractivity contribution in [2.75, 3.05) is 5.32 Å². The molecule has 1 atom stereocenters. The third kappa shape index (κ3) is 3.61. The summed E-state index contributed by atoms with van der Waals surface area (Å²) in [5.41, 5.74) is 0.613. The van der Waals surface area contributed by atoms with Crippen molar-refractivity contribution in [2.45, 2.75) is 19.4 Å². The lowest BCUT2D eigenvalue weighted by molar-refractivity contribution is -0.137. The molecule has 0 bridgehead atoms. The maximum atomic E-state index is 10.8. The lowest BCUT2D eigenvalue weighted by Gasteiger charge is -2.14. The Hall–Kier alpha value is -0.930. The number of rotatable bonds is 4. The van der Waals surface area contributed by atoms with Crippen LogP contribution >= 0.6 is 23.2 Å². The van der Waals surface area contributed by atoms with Gasteiger partial charge in [-0.15, -0.1) is 0 Å². The van der Waals surface area contributed by atoms with Crippen LogP contribution in [0.3, 0.4) is 0 Å². The van der Waals surface area contributed by atoms with Crippen LogP contribution in [0.5, 0.6) is 0 Å². The van der Waals surface area contributed by atoms with E-state index in [9.17, 15) is 4.79 Å². The van der Waals surface area contributed by atoms with Crippen LogP contribution in [0.15, 0.2) is 18.2 Å². The summed E-state index contributed by atoms with van der Waals surface area (Å²) in [7, 11) is 0. The van der Waals surface area contributed by atoms with E-state index in [1.165, 1.54) is 0 Å². The van der Waals surface area contributed by atoms with Gasteiger partial charge in [-0.05, 0) is 24.6 Å². The third-order valence-electron chi connectivity index (χ3n) is 1.91. The maximum Gasteiger partial charge on any atom is 0.326 e. The Morgan fingerprint density at radius 3 is 2.33 bits per heavy atom. The van der Waals surface area contributed by atoms with E-state index in [0.29, 0.717) is 22.2 Å². The summed E-state index contributed by atoms with van der Waals surface area (Å²) in [6, 6.07) is 4.24. The summed E-state index contributed by atoms with van der Waals surface area (Å²) in [6.45, 7) is 1.79. The van der Waals surface area contributed by atoms with Gasteiger partial charge < -0.3 is 10.4 Å². The molecule has 0 amide bonds. The zero-order valence-corrected chi connectivity index (χ0v) is 9.64. The molecule has 0 saturated heterocycles. The monoisotopic (exact) mass is 247 g/mol. The van der Waals surface area contributed by atoms with Crippen LogP contribution in [0.4, 0.5) is 5.69 Å². The van der Waals surface area contributed by atoms with Gasteiger partial charge in [0, 0.05) is 15.7 Å². The van der Waals surface area contributed by atoms with Crippen LogP contribution in [-0.4, -0.2) is 17.1 Å². The molecule has 3 nitrogen and oxygen atoms in total. The second-order valence-electron chi connectivity index (χ2n) is 3.10. The molecule has 0 spiro atoms. The highest BCUT2D eigenvalue weighted by atomic mass is 35.5. The fourth-order valence-corrected chi connectivity index (χ4v) is 1.70. The molecule has 0 fully saturated rings. The molecule has 5 heteroatoms. The molecule has 0 heterocycles. The van der Waals surface area contributed by atoms with E-state index < -0.39 is 12.0 Å². The Kier molecular flexibility index (Phi) is 4.24. The van der Waals surface area contributed by atoms with Crippen LogP contribution in [-0.2, 0) is 4.79 Å². The molecule has 0 aromatic heterocycles. The van der Waals surface area contributed by atoms with Crippen molar-refractivity contribution in [2.24, 2.45) is 0 Å². The van der Waals surface area contributed by atoms with Crippen LogP contribution in [0.2, 0.25) is 10.0 Å². The number of hydrogen-bond donors (Lipinski definition) is 2. The van der Waals surface area contributed by atoms with Gasteiger partial charge in [0.25, 0.3) is 0 Å². The van der Waals surface area contributed by atoms with E-state index in [0.717, 1.165) is 0 Å². The summed E-state index contributed by atoms with van der Waals surface area (Å²) in [6.07, 6.45) is 0.486. The molecule has 0 radical (unpaired) electrons. The normalized spacial score (nSPS) is 12.2. The van der Waals surface area contributed by atoms with E-state index in [1.807, 2.05) is 0 Å². The second-order valence-corrected chi connectivity index (χ2v) is 3.97. The first kappa shape index (κ1) is 12.1. The minimum atomic E-state index is -0.895. The summed E-state index contributed by atoms with van der Waals surface area (Å²) in [5, 5.41) is 12.6. The number of carboxylic acid groups (broad SMARTS) is 1. The number of aliphatic carboxylic acids is 1. The van der Waals surface area contributed by atoms with Gasteiger partial charge in [0.1, 0.15) is 6.04 Å². The van der Waals surface area contributed by atoms with Gasteiger partial charge in [-0.3, -0.25) is 0 Å². The highest BCUT2D eigenvalue weighted by Crippen LogP contribution is 2.23. The van der Waals surface area contributed by atoms with Crippen LogP contribution in [0.25, 0.3) is 0 Å². The van der Waals surface area contributed by atoms with Crippen molar-refractivity contribution >= 4 is 34.9 Å². The number of hydrogen-bond acceptors (Lipinski definition) is 2. The van der Waals surface area contributed by atoms with Crippen molar-refractivity contribution < 1.29 is 9.90 Å². The molecule has 0 aliphatic heterocycles. The van der Waals surface area contributed by atoms with Gasteiger partial charge in [0.2, 0.25) is 0 Å². The molecule has 0 aliphatic carbocycles. The first-order valence-electron chi connectivity index (χ1n) is 4.48. The summed E-state index contributed by atoms with van der Waals surface area (Å²) in [5.74, 6) is -0.895. The standard InChI is InChI=1S/C10H11Cl2NO2/c1-2-9(10(14)15)13-8-4-6(11)3-7(12)5-8/h3-5,9,13H,2H2,1H3,(H,14,15)/t9-/m1/s1. The smallest absolute Gasteiger partial charge is 0.326 e.